The maximum atomic E-state index is 14.0. The topological polar surface area (TPSA) is 38.8 Å². The second-order valence-electron chi connectivity index (χ2n) is 7.38. The molecule has 2 amide bonds. The van der Waals surface area contributed by atoms with Crippen molar-refractivity contribution in [3.8, 4) is 0 Å². The van der Waals surface area contributed by atoms with Crippen molar-refractivity contribution in [3.63, 3.8) is 0 Å². The first kappa shape index (κ1) is 18.7. The number of carbonyl (C=O) groups is 1. The molecule has 2 aliphatic rings. The van der Waals surface area contributed by atoms with E-state index in [0.717, 1.165) is 25.1 Å². The van der Waals surface area contributed by atoms with Gasteiger partial charge in [0.2, 0.25) is 0 Å². The van der Waals surface area contributed by atoms with Gasteiger partial charge in [0, 0.05) is 31.4 Å². The van der Waals surface area contributed by atoms with Gasteiger partial charge in [0.1, 0.15) is 11.6 Å². The van der Waals surface area contributed by atoms with Crippen LogP contribution in [0.5, 0.6) is 0 Å². The normalized spacial score (nSPS) is 19.6. The van der Waals surface area contributed by atoms with Crippen LogP contribution in [0.1, 0.15) is 12.8 Å². The monoisotopic (exact) mass is 386 g/mol. The fourth-order valence-corrected chi connectivity index (χ4v) is 4.02. The average molecular weight is 386 g/mol. The van der Waals surface area contributed by atoms with Crippen molar-refractivity contribution in [2.75, 3.05) is 43.0 Å². The summed E-state index contributed by atoms with van der Waals surface area (Å²) in [7, 11) is 2.07. The molecule has 28 heavy (non-hydrogen) atoms. The van der Waals surface area contributed by atoms with E-state index < -0.39 is 0 Å². The van der Waals surface area contributed by atoms with Gasteiger partial charge < -0.3 is 15.1 Å². The molecule has 4 rings (SSSR count). The first-order valence-corrected chi connectivity index (χ1v) is 9.61. The number of hydrogen-bond donors (Lipinski definition) is 1. The lowest BCUT2D eigenvalue weighted by Crippen LogP contribution is -2.49. The number of urea groups is 1. The molecule has 0 saturated carbocycles. The molecule has 0 radical (unpaired) electrons. The molecule has 0 aliphatic carbocycles. The maximum absolute atomic E-state index is 14.0. The van der Waals surface area contributed by atoms with Gasteiger partial charge in [0.25, 0.3) is 0 Å². The number of benzene rings is 2. The Kier molecular flexibility index (Phi) is 5.17. The van der Waals surface area contributed by atoms with Crippen molar-refractivity contribution in [2.45, 2.75) is 18.9 Å². The molecule has 1 saturated heterocycles. The third-order valence-corrected chi connectivity index (χ3v) is 5.61. The first-order chi connectivity index (χ1) is 13.5. The van der Waals surface area contributed by atoms with Gasteiger partial charge >= 0.3 is 6.03 Å². The summed E-state index contributed by atoms with van der Waals surface area (Å²) in [6.45, 7) is 2.62. The summed E-state index contributed by atoms with van der Waals surface area (Å²) in [6.07, 6.45) is 2.23. The van der Waals surface area contributed by atoms with E-state index in [1.807, 2.05) is 4.90 Å². The van der Waals surface area contributed by atoms with E-state index in [0.29, 0.717) is 37.1 Å². The fourth-order valence-electron chi connectivity index (χ4n) is 4.02. The number of rotatable bonds is 3. The number of nitrogens with one attached hydrogen (secondary N) is 1. The standard InChI is InChI=1S/C21H24F2N4O/c1-25-10-2-3-18(25)14-24-21(28)27-12-11-26(17-7-4-15(22)5-8-17)20-13-16(23)6-9-19(20)27/h4-9,13,18H,2-3,10-12,14H2,1H3,(H,24,28). The van der Waals surface area contributed by atoms with Gasteiger partial charge in [-0.1, -0.05) is 0 Å². The highest BCUT2D eigenvalue weighted by atomic mass is 19.1. The number of fused-ring (bicyclic) bond motifs is 1. The summed E-state index contributed by atoms with van der Waals surface area (Å²) >= 11 is 0. The van der Waals surface area contributed by atoms with Gasteiger partial charge in [-0.05, 0) is 68.9 Å². The van der Waals surface area contributed by atoms with E-state index in [9.17, 15) is 13.6 Å². The van der Waals surface area contributed by atoms with Gasteiger partial charge in [-0.2, -0.15) is 0 Å². The molecule has 0 bridgehead atoms. The minimum atomic E-state index is -0.374. The van der Waals surface area contributed by atoms with Crippen LogP contribution in [0.15, 0.2) is 42.5 Å². The molecule has 2 aliphatic heterocycles. The molecule has 2 aromatic rings. The molecular weight excluding hydrogens is 362 g/mol. The van der Waals surface area contributed by atoms with Crippen LogP contribution in [0.4, 0.5) is 30.6 Å². The predicted octanol–water partition coefficient (Wildman–Crippen LogP) is 3.73. The predicted molar refractivity (Wildman–Crippen MR) is 106 cm³/mol. The Morgan fingerprint density at radius 2 is 1.79 bits per heavy atom. The minimum absolute atomic E-state index is 0.174. The molecule has 0 spiro atoms. The van der Waals surface area contributed by atoms with Crippen LogP contribution in [0, 0.1) is 11.6 Å². The Balaban J connectivity index is 1.55. The van der Waals surface area contributed by atoms with E-state index in [1.165, 1.54) is 24.3 Å². The van der Waals surface area contributed by atoms with Crippen LogP contribution in [-0.4, -0.2) is 50.2 Å². The van der Waals surface area contributed by atoms with Crippen LogP contribution >= 0.6 is 0 Å². The minimum Gasteiger partial charge on any atom is -0.338 e. The Morgan fingerprint density at radius 1 is 1.04 bits per heavy atom. The summed E-state index contributed by atoms with van der Waals surface area (Å²) in [5.74, 6) is -0.696. The summed E-state index contributed by atoms with van der Waals surface area (Å²) in [5.41, 5.74) is 2.01. The molecule has 1 unspecified atom stereocenters. The van der Waals surface area contributed by atoms with Gasteiger partial charge in [0.15, 0.2) is 0 Å². The number of likely N-dealkylation sites (tertiary alicyclic amines) is 1. The number of likely N-dealkylation sites (N-methyl/N-ethyl adjacent to an activating group) is 1. The lowest BCUT2D eigenvalue weighted by atomic mass is 10.1. The van der Waals surface area contributed by atoms with Crippen molar-refractivity contribution in [3.05, 3.63) is 54.1 Å². The third-order valence-electron chi connectivity index (χ3n) is 5.61. The quantitative estimate of drug-likeness (QED) is 0.874. The van der Waals surface area contributed by atoms with Crippen LogP contribution < -0.4 is 15.1 Å². The van der Waals surface area contributed by atoms with E-state index in [1.54, 1.807) is 23.1 Å². The summed E-state index contributed by atoms with van der Waals surface area (Å²) in [4.78, 5) is 18.7. The van der Waals surface area contributed by atoms with Crippen molar-refractivity contribution in [1.29, 1.82) is 0 Å². The second-order valence-corrected chi connectivity index (χ2v) is 7.38. The number of hydrogen-bond acceptors (Lipinski definition) is 3. The van der Waals surface area contributed by atoms with E-state index >= 15 is 0 Å². The Bertz CT molecular complexity index is 858. The molecule has 1 N–H and O–H groups in total. The summed E-state index contributed by atoms with van der Waals surface area (Å²) in [5, 5.41) is 3.03. The zero-order chi connectivity index (χ0) is 19.7. The summed E-state index contributed by atoms with van der Waals surface area (Å²) in [6, 6.07) is 10.7. The van der Waals surface area contributed by atoms with Gasteiger partial charge in [-0.15, -0.1) is 0 Å². The second kappa shape index (κ2) is 7.75. The van der Waals surface area contributed by atoms with Crippen molar-refractivity contribution in [1.82, 2.24) is 10.2 Å². The van der Waals surface area contributed by atoms with Crippen LogP contribution in [-0.2, 0) is 0 Å². The number of anilines is 3. The number of amides is 2. The number of nitrogens with zero attached hydrogens (tertiary/aromatic N) is 3. The highest BCUT2D eigenvalue weighted by molar-refractivity contribution is 5.98. The van der Waals surface area contributed by atoms with E-state index in [-0.39, 0.29) is 17.7 Å². The molecule has 0 aromatic heterocycles. The average Bonchev–Trinajstić information content (AvgIpc) is 3.10. The lowest BCUT2D eigenvalue weighted by Gasteiger charge is -2.38. The van der Waals surface area contributed by atoms with Crippen LogP contribution in [0.3, 0.4) is 0 Å². The number of carbonyl (C=O) groups excluding carboxylic acids is 1. The smallest absolute Gasteiger partial charge is 0.322 e. The molecule has 2 aromatic carbocycles. The van der Waals surface area contributed by atoms with Gasteiger partial charge in [0.05, 0.1) is 11.4 Å². The van der Waals surface area contributed by atoms with Gasteiger partial charge in [-0.3, -0.25) is 4.90 Å². The molecular formula is C21H24F2N4O. The highest BCUT2D eigenvalue weighted by Crippen LogP contribution is 2.38. The Morgan fingerprint density at radius 3 is 2.50 bits per heavy atom. The van der Waals surface area contributed by atoms with E-state index in [2.05, 4.69) is 17.3 Å². The van der Waals surface area contributed by atoms with E-state index in [4.69, 9.17) is 0 Å². The first-order valence-electron chi connectivity index (χ1n) is 9.61. The van der Waals surface area contributed by atoms with Crippen molar-refractivity contribution >= 4 is 23.1 Å². The zero-order valence-corrected chi connectivity index (χ0v) is 15.9. The molecule has 5 nitrogen and oxygen atoms in total. The summed E-state index contributed by atoms with van der Waals surface area (Å²) < 4.78 is 27.2. The SMILES string of the molecule is CN1CCCC1CNC(=O)N1CCN(c2ccc(F)cc2)c2cc(F)ccc21. The largest absolute Gasteiger partial charge is 0.338 e. The zero-order valence-electron chi connectivity index (χ0n) is 15.9. The molecule has 148 valence electrons. The van der Waals surface area contributed by atoms with Gasteiger partial charge in [-0.25, -0.2) is 13.6 Å². The maximum Gasteiger partial charge on any atom is 0.322 e. The van der Waals surface area contributed by atoms with Crippen LogP contribution in [0.25, 0.3) is 0 Å². The molecule has 2 heterocycles. The van der Waals surface area contributed by atoms with Crippen molar-refractivity contribution in [2.24, 2.45) is 0 Å². The van der Waals surface area contributed by atoms with Crippen LogP contribution in [0.2, 0.25) is 0 Å². The third kappa shape index (κ3) is 3.67. The Labute approximate surface area is 163 Å². The molecule has 7 heteroatoms. The van der Waals surface area contributed by atoms with Crippen molar-refractivity contribution < 1.29 is 13.6 Å². The molecule has 1 fully saturated rings. The fraction of sp³-hybridized carbons (Fsp3) is 0.381. The highest BCUT2D eigenvalue weighted by Gasteiger charge is 2.29. The lowest BCUT2D eigenvalue weighted by molar-refractivity contribution is 0.239. The molecule has 1 atom stereocenters. The Hall–Kier alpha value is -2.67. The number of halogens is 2.